The number of nitrogens with one attached hydrogen (secondary N) is 2. The number of aliphatic hydroxyl groups excluding tert-OH is 1. The lowest BCUT2D eigenvalue weighted by Gasteiger charge is -2.31. The van der Waals surface area contributed by atoms with Gasteiger partial charge in [0.25, 0.3) is 0 Å². The average molecular weight is 282 g/mol. The van der Waals surface area contributed by atoms with Crippen LogP contribution in [0.5, 0.6) is 0 Å². The molecule has 0 fully saturated rings. The van der Waals surface area contributed by atoms with E-state index in [1.807, 2.05) is 40.9 Å². The van der Waals surface area contributed by atoms with E-state index in [2.05, 4.69) is 15.7 Å². The largest absolute Gasteiger partial charge is 0.396 e. The minimum Gasteiger partial charge on any atom is -0.396 e. The predicted octanol–water partition coefficient (Wildman–Crippen LogP) is 1.58. The second kappa shape index (κ2) is 6.74. The average Bonchev–Trinajstić information content (AvgIpc) is 2.74. The van der Waals surface area contributed by atoms with Crippen molar-refractivity contribution >= 4 is 6.03 Å². The van der Waals surface area contributed by atoms with Gasteiger partial charge in [0.1, 0.15) is 0 Å². The van der Waals surface area contributed by atoms with E-state index in [-0.39, 0.29) is 30.1 Å². The Morgan fingerprint density at radius 3 is 2.55 bits per heavy atom. The van der Waals surface area contributed by atoms with Crippen molar-refractivity contribution in [3.63, 3.8) is 0 Å². The first-order valence-electron chi connectivity index (χ1n) is 6.90. The summed E-state index contributed by atoms with van der Waals surface area (Å²) < 4.78 is 1.70. The zero-order chi connectivity index (χ0) is 15.3. The Labute approximate surface area is 120 Å². The molecule has 1 aromatic rings. The van der Waals surface area contributed by atoms with Gasteiger partial charge in [-0.1, -0.05) is 20.8 Å². The van der Waals surface area contributed by atoms with Gasteiger partial charge in [0, 0.05) is 31.5 Å². The third-order valence-electron chi connectivity index (χ3n) is 3.34. The standard InChI is InChI=1S/C14H26N4O2/c1-10(11-8-15-18(5)9-11)16-13(20)17-12(6-7-19)14(2,3)4/h8-10,12,19H,6-7H2,1-5H3,(H2,16,17,20)/t10-,12-/m1/s1. The molecule has 6 nitrogen and oxygen atoms in total. The molecule has 0 radical (unpaired) electrons. The summed E-state index contributed by atoms with van der Waals surface area (Å²) in [4.78, 5) is 12.0. The number of amides is 2. The summed E-state index contributed by atoms with van der Waals surface area (Å²) in [6.45, 7) is 8.09. The quantitative estimate of drug-likeness (QED) is 0.767. The van der Waals surface area contributed by atoms with E-state index >= 15 is 0 Å². The van der Waals surface area contributed by atoms with Gasteiger partial charge in [-0.25, -0.2) is 4.79 Å². The number of hydrogen-bond donors (Lipinski definition) is 3. The van der Waals surface area contributed by atoms with Crippen LogP contribution in [-0.2, 0) is 7.05 Å². The van der Waals surface area contributed by atoms with Gasteiger partial charge in [-0.3, -0.25) is 4.68 Å². The van der Waals surface area contributed by atoms with Gasteiger partial charge in [-0.2, -0.15) is 5.10 Å². The molecule has 20 heavy (non-hydrogen) atoms. The normalized spacial score (nSPS) is 14.7. The molecule has 1 rings (SSSR count). The maximum atomic E-state index is 12.0. The minimum atomic E-state index is -0.227. The van der Waals surface area contributed by atoms with E-state index < -0.39 is 0 Å². The van der Waals surface area contributed by atoms with Crippen molar-refractivity contribution in [1.82, 2.24) is 20.4 Å². The molecule has 114 valence electrons. The van der Waals surface area contributed by atoms with Gasteiger partial charge in [0.15, 0.2) is 0 Å². The Bertz CT molecular complexity index is 437. The van der Waals surface area contributed by atoms with Gasteiger partial charge in [-0.15, -0.1) is 0 Å². The molecule has 0 unspecified atom stereocenters. The number of nitrogens with zero attached hydrogens (tertiary/aromatic N) is 2. The van der Waals surface area contributed by atoms with Crippen LogP contribution in [0.2, 0.25) is 0 Å². The number of rotatable bonds is 5. The topological polar surface area (TPSA) is 79.2 Å². The second-order valence-electron chi connectivity index (χ2n) is 6.22. The number of carbonyl (C=O) groups excluding carboxylic acids is 1. The summed E-state index contributed by atoms with van der Waals surface area (Å²) in [5, 5.41) is 19.0. The monoisotopic (exact) mass is 282 g/mol. The fourth-order valence-electron chi connectivity index (χ4n) is 1.99. The summed E-state index contributed by atoms with van der Waals surface area (Å²) in [5.74, 6) is 0. The highest BCUT2D eigenvalue weighted by molar-refractivity contribution is 5.74. The number of aryl methyl sites for hydroxylation is 1. The summed E-state index contributed by atoms with van der Waals surface area (Å²) in [7, 11) is 1.84. The fraction of sp³-hybridized carbons (Fsp3) is 0.714. The molecule has 0 aliphatic heterocycles. The van der Waals surface area contributed by atoms with Crippen LogP contribution in [-0.4, -0.2) is 33.6 Å². The SMILES string of the molecule is C[C@@H](NC(=O)N[C@H](CCO)C(C)(C)C)c1cnn(C)c1. The van der Waals surface area contributed by atoms with Gasteiger partial charge in [0.2, 0.25) is 0 Å². The number of aliphatic hydroxyl groups is 1. The van der Waals surface area contributed by atoms with Gasteiger partial charge >= 0.3 is 6.03 Å². The molecule has 0 aliphatic carbocycles. The first-order valence-corrected chi connectivity index (χ1v) is 6.90. The molecular weight excluding hydrogens is 256 g/mol. The van der Waals surface area contributed by atoms with Gasteiger partial charge < -0.3 is 15.7 Å². The Hall–Kier alpha value is -1.56. The molecule has 0 saturated carbocycles. The highest BCUT2D eigenvalue weighted by Crippen LogP contribution is 2.21. The molecule has 0 spiro atoms. The number of urea groups is 1. The molecule has 2 amide bonds. The van der Waals surface area contributed by atoms with E-state index in [9.17, 15) is 4.79 Å². The molecule has 0 saturated heterocycles. The number of aromatic nitrogens is 2. The van der Waals surface area contributed by atoms with Crippen LogP contribution in [0.25, 0.3) is 0 Å². The van der Waals surface area contributed by atoms with E-state index in [4.69, 9.17) is 5.11 Å². The Morgan fingerprint density at radius 1 is 1.45 bits per heavy atom. The van der Waals surface area contributed by atoms with Crippen molar-refractivity contribution in [2.24, 2.45) is 12.5 Å². The van der Waals surface area contributed by atoms with Crippen LogP contribution in [0.3, 0.4) is 0 Å². The molecule has 0 bridgehead atoms. The molecule has 6 heteroatoms. The first-order chi connectivity index (χ1) is 9.24. The lowest BCUT2D eigenvalue weighted by atomic mass is 9.85. The van der Waals surface area contributed by atoms with E-state index in [0.717, 1.165) is 5.56 Å². The van der Waals surface area contributed by atoms with Crippen LogP contribution in [0.1, 0.15) is 45.7 Å². The van der Waals surface area contributed by atoms with Crippen LogP contribution in [0, 0.1) is 5.41 Å². The minimum absolute atomic E-state index is 0.0559. The highest BCUT2D eigenvalue weighted by Gasteiger charge is 2.26. The molecule has 0 aliphatic rings. The lowest BCUT2D eigenvalue weighted by Crippen LogP contribution is -2.48. The lowest BCUT2D eigenvalue weighted by molar-refractivity contribution is 0.188. The van der Waals surface area contributed by atoms with Gasteiger partial charge in [0.05, 0.1) is 12.2 Å². The molecular formula is C14H26N4O2. The van der Waals surface area contributed by atoms with Crippen molar-refractivity contribution in [3.05, 3.63) is 18.0 Å². The fourth-order valence-corrected chi connectivity index (χ4v) is 1.99. The molecule has 3 N–H and O–H groups in total. The second-order valence-corrected chi connectivity index (χ2v) is 6.22. The van der Waals surface area contributed by atoms with Crippen LogP contribution < -0.4 is 10.6 Å². The van der Waals surface area contributed by atoms with Crippen LogP contribution >= 0.6 is 0 Å². The Morgan fingerprint density at radius 2 is 2.10 bits per heavy atom. The smallest absolute Gasteiger partial charge is 0.315 e. The van der Waals surface area contributed by atoms with Crippen molar-refractivity contribution in [2.45, 2.75) is 46.2 Å². The Kier molecular flexibility index (Phi) is 5.56. The zero-order valence-electron chi connectivity index (χ0n) is 13.0. The van der Waals surface area contributed by atoms with Crippen LogP contribution in [0.15, 0.2) is 12.4 Å². The molecule has 2 atom stereocenters. The van der Waals surface area contributed by atoms with Crippen molar-refractivity contribution < 1.29 is 9.90 Å². The van der Waals surface area contributed by atoms with E-state index in [1.165, 1.54) is 0 Å². The van der Waals surface area contributed by atoms with E-state index in [0.29, 0.717) is 6.42 Å². The summed E-state index contributed by atoms with van der Waals surface area (Å²) >= 11 is 0. The third-order valence-corrected chi connectivity index (χ3v) is 3.34. The zero-order valence-corrected chi connectivity index (χ0v) is 13.0. The maximum absolute atomic E-state index is 12.0. The first kappa shape index (κ1) is 16.5. The van der Waals surface area contributed by atoms with Crippen molar-refractivity contribution in [2.75, 3.05) is 6.61 Å². The highest BCUT2D eigenvalue weighted by atomic mass is 16.3. The van der Waals surface area contributed by atoms with Crippen molar-refractivity contribution in [1.29, 1.82) is 0 Å². The number of carbonyl (C=O) groups is 1. The summed E-state index contributed by atoms with van der Waals surface area (Å²) in [6.07, 6.45) is 4.15. The van der Waals surface area contributed by atoms with Crippen LogP contribution in [0.4, 0.5) is 4.79 Å². The predicted molar refractivity (Wildman–Crippen MR) is 78.2 cm³/mol. The molecule has 0 aromatic carbocycles. The molecule has 1 heterocycles. The Balaban J connectivity index is 2.57. The number of hydrogen-bond acceptors (Lipinski definition) is 3. The van der Waals surface area contributed by atoms with Gasteiger partial charge in [-0.05, 0) is 18.8 Å². The maximum Gasteiger partial charge on any atom is 0.315 e. The van der Waals surface area contributed by atoms with Crippen molar-refractivity contribution in [3.8, 4) is 0 Å². The third kappa shape index (κ3) is 4.85. The summed E-state index contributed by atoms with van der Waals surface area (Å²) in [5.41, 5.74) is 0.856. The molecule has 1 aromatic heterocycles. The summed E-state index contributed by atoms with van der Waals surface area (Å²) in [6, 6.07) is -0.415. The van der Waals surface area contributed by atoms with E-state index in [1.54, 1.807) is 10.9 Å².